The number of fused-ring (bicyclic) bond motifs is 1. The van der Waals surface area contributed by atoms with Crippen LogP contribution in [0.4, 0.5) is 0 Å². The van der Waals surface area contributed by atoms with Gasteiger partial charge in [-0.2, -0.15) is 0 Å². The maximum absolute atomic E-state index is 12.5. The van der Waals surface area contributed by atoms with E-state index in [9.17, 15) is 19.8 Å². The number of aliphatic hydroxyl groups is 2. The summed E-state index contributed by atoms with van der Waals surface area (Å²) in [6, 6.07) is 0. The highest BCUT2D eigenvalue weighted by Gasteiger charge is 2.65. The minimum absolute atomic E-state index is 0.000264. The van der Waals surface area contributed by atoms with E-state index in [4.69, 9.17) is 14.2 Å². The lowest BCUT2D eigenvalue weighted by atomic mass is 9.50. The van der Waals surface area contributed by atoms with Gasteiger partial charge in [0.15, 0.2) is 0 Å². The van der Waals surface area contributed by atoms with Gasteiger partial charge < -0.3 is 24.4 Å². The quantitative estimate of drug-likeness (QED) is 0.694. The fraction of sp³-hybridized carbons (Fsp3) is 0.900. The molecule has 0 amide bonds. The molecule has 6 saturated carbocycles. The Hall–Kier alpha value is -1.18. The van der Waals surface area contributed by atoms with Crippen molar-refractivity contribution >= 4 is 11.9 Å². The van der Waals surface area contributed by atoms with Crippen LogP contribution in [0.25, 0.3) is 0 Å². The van der Waals surface area contributed by atoms with Crippen molar-refractivity contribution in [2.75, 3.05) is 6.61 Å². The Kier molecular flexibility index (Phi) is 3.13. The molecule has 7 fully saturated rings. The Bertz CT molecular complexity index is 701. The first-order chi connectivity index (χ1) is 12.8. The summed E-state index contributed by atoms with van der Waals surface area (Å²) in [5.41, 5.74) is -2.40. The molecule has 0 aromatic carbocycles. The fourth-order valence-electron chi connectivity index (χ4n) is 7.87. The van der Waals surface area contributed by atoms with E-state index < -0.39 is 22.8 Å². The molecule has 1 heterocycles. The van der Waals surface area contributed by atoms with Crippen molar-refractivity contribution in [2.45, 2.75) is 80.4 Å². The van der Waals surface area contributed by atoms with Crippen LogP contribution in [0, 0.1) is 23.7 Å². The molecule has 0 aromatic rings. The van der Waals surface area contributed by atoms with Crippen LogP contribution < -0.4 is 0 Å². The SMILES string of the molecule is O=C(COC12CC3CC(O)(CC(O)(C3)C1)C2)OC1C2CC3C(=O)OC1C3C2. The van der Waals surface area contributed by atoms with E-state index >= 15 is 0 Å². The van der Waals surface area contributed by atoms with Crippen LogP contribution in [0.2, 0.25) is 0 Å². The molecule has 6 bridgehead atoms. The molecule has 0 aromatic heterocycles. The van der Waals surface area contributed by atoms with Gasteiger partial charge >= 0.3 is 11.9 Å². The molecule has 7 unspecified atom stereocenters. The van der Waals surface area contributed by atoms with Gasteiger partial charge in [-0.1, -0.05) is 0 Å². The van der Waals surface area contributed by atoms with Crippen molar-refractivity contribution in [3.8, 4) is 0 Å². The van der Waals surface area contributed by atoms with Crippen molar-refractivity contribution in [2.24, 2.45) is 23.7 Å². The van der Waals surface area contributed by atoms with Gasteiger partial charge in [0.25, 0.3) is 0 Å². The van der Waals surface area contributed by atoms with Gasteiger partial charge in [-0.15, -0.1) is 0 Å². The second-order valence-corrected chi connectivity index (χ2v) is 10.3. The first-order valence-corrected chi connectivity index (χ1v) is 10.2. The van der Waals surface area contributed by atoms with Crippen molar-refractivity contribution < 1.29 is 34.0 Å². The highest BCUT2D eigenvalue weighted by atomic mass is 16.6. The predicted octanol–water partition coefficient (Wildman–Crippen LogP) is 0.695. The lowest BCUT2D eigenvalue weighted by Gasteiger charge is -2.62. The minimum atomic E-state index is -0.879. The maximum Gasteiger partial charge on any atom is 0.332 e. The third kappa shape index (κ3) is 2.37. The molecule has 148 valence electrons. The van der Waals surface area contributed by atoms with Gasteiger partial charge in [0.2, 0.25) is 0 Å². The van der Waals surface area contributed by atoms with Gasteiger partial charge in [0.05, 0.1) is 22.7 Å². The van der Waals surface area contributed by atoms with Crippen LogP contribution in [0.1, 0.15) is 51.4 Å². The van der Waals surface area contributed by atoms with Gasteiger partial charge in [0, 0.05) is 31.1 Å². The lowest BCUT2D eigenvalue weighted by molar-refractivity contribution is -0.268. The third-order valence-electron chi connectivity index (χ3n) is 8.14. The zero-order valence-electron chi connectivity index (χ0n) is 15.3. The normalized spacial score (nSPS) is 56.6. The summed E-state index contributed by atoms with van der Waals surface area (Å²) in [6.45, 7) is -0.184. The van der Waals surface area contributed by atoms with Gasteiger partial charge in [-0.3, -0.25) is 4.79 Å². The number of carbonyl (C=O) groups is 2. The average Bonchev–Trinajstić information content (AvgIpc) is 3.14. The molecule has 7 rings (SSSR count). The monoisotopic (exact) mass is 378 g/mol. The van der Waals surface area contributed by atoms with E-state index in [1.54, 1.807) is 0 Å². The van der Waals surface area contributed by atoms with E-state index in [0.717, 1.165) is 19.3 Å². The molecule has 7 heteroatoms. The molecule has 1 saturated heterocycles. The minimum Gasteiger partial charge on any atom is -0.458 e. The lowest BCUT2D eigenvalue weighted by Crippen LogP contribution is -2.66. The summed E-state index contributed by atoms with van der Waals surface area (Å²) in [7, 11) is 0. The molecule has 0 spiro atoms. The predicted molar refractivity (Wildman–Crippen MR) is 89.2 cm³/mol. The molecular formula is C20H26O7. The van der Waals surface area contributed by atoms with E-state index in [0.29, 0.717) is 32.1 Å². The summed E-state index contributed by atoms with van der Waals surface area (Å²) in [5.74, 6) is 0.0701. The van der Waals surface area contributed by atoms with Crippen molar-refractivity contribution in [3.63, 3.8) is 0 Å². The molecular weight excluding hydrogens is 352 g/mol. The average molecular weight is 378 g/mol. The molecule has 2 N–H and O–H groups in total. The zero-order valence-corrected chi connectivity index (χ0v) is 15.3. The summed E-state index contributed by atoms with van der Waals surface area (Å²) >= 11 is 0. The highest BCUT2D eigenvalue weighted by Crippen LogP contribution is 2.60. The number of hydrogen-bond acceptors (Lipinski definition) is 7. The fourth-order valence-corrected chi connectivity index (χ4v) is 7.87. The number of rotatable bonds is 4. The van der Waals surface area contributed by atoms with E-state index in [-0.39, 0.29) is 48.5 Å². The topological polar surface area (TPSA) is 102 Å². The summed E-state index contributed by atoms with van der Waals surface area (Å²) in [4.78, 5) is 24.3. The van der Waals surface area contributed by atoms with E-state index in [1.165, 1.54) is 0 Å². The summed E-state index contributed by atoms with van der Waals surface area (Å²) in [6.07, 6.45) is 4.57. The van der Waals surface area contributed by atoms with Crippen LogP contribution in [0.15, 0.2) is 0 Å². The Labute approximate surface area is 157 Å². The Morgan fingerprint density at radius 2 is 1.85 bits per heavy atom. The number of hydrogen-bond donors (Lipinski definition) is 2. The van der Waals surface area contributed by atoms with Gasteiger partial charge in [-0.05, 0) is 38.0 Å². The van der Waals surface area contributed by atoms with Crippen LogP contribution in [-0.4, -0.2) is 57.8 Å². The van der Waals surface area contributed by atoms with Crippen molar-refractivity contribution in [1.82, 2.24) is 0 Å². The van der Waals surface area contributed by atoms with Crippen LogP contribution in [-0.2, 0) is 23.8 Å². The van der Waals surface area contributed by atoms with Crippen LogP contribution >= 0.6 is 0 Å². The first-order valence-electron chi connectivity index (χ1n) is 10.2. The number of esters is 2. The largest absolute Gasteiger partial charge is 0.458 e. The van der Waals surface area contributed by atoms with Crippen LogP contribution in [0.3, 0.4) is 0 Å². The summed E-state index contributed by atoms with van der Waals surface area (Å²) in [5, 5.41) is 21.6. The molecule has 7 nitrogen and oxygen atoms in total. The number of ether oxygens (including phenoxy) is 3. The maximum atomic E-state index is 12.5. The Balaban J connectivity index is 1.11. The molecule has 7 aliphatic rings. The number of carbonyl (C=O) groups excluding carboxylic acids is 2. The van der Waals surface area contributed by atoms with Crippen molar-refractivity contribution in [3.05, 3.63) is 0 Å². The van der Waals surface area contributed by atoms with E-state index in [1.807, 2.05) is 0 Å². The molecule has 0 radical (unpaired) electrons. The first kappa shape index (κ1) is 16.7. The smallest absolute Gasteiger partial charge is 0.332 e. The highest BCUT2D eigenvalue weighted by molar-refractivity contribution is 5.77. The van der Waals surface area contributed by atoms with Gasteiger partial charge in [-0.25, -0.2) is 4.79 Å². The molecule has 27 heavy (non-hydrogen) atoms. The van der Waals surface area contributed by atoms with Crippen LogP contribution in [0.5, 0.6) is 0 Å². The second kappa shape index (κ2) is 5.05. The van der Waals surface area contributed by atoms with E-state index in [2.05, 4.69) is 0 Å². The molecule has 6 aliphatic carbocycles. The standard InChI is InChI=1S/C20H26O7/c21-14(26-15-11-1-12-13(2-11)17(22)27-16(12)15)6-25-20-5-10-3-18(23,8-20)7-19(24,4-10)9-20/h10-13,15-16,23-24H,1-9H2. The second-order valence-electron chi connectivity index (χ2n) is 10.3. The Morgan fingerprint density at radius 3 is 2.56 bits per heavy atom. The zero-order chi connectivity index (χ0) is 18.6. The summed E-state index contributed by atoms with van der Waals surface area (Å²) < 4.78 is 17.1. The molecule has 7 atom stereocenters. The Morgan fingerprint density at radius 1 is 1.11 bits per heavy atom. The van der Waals surface area contributed by atoms with Crippen molar-refractivity contribution in [1.29, 1.82) is 0 Å². The third-order valence-corrected chi connectivity index (χ3v) is 8.14. The van der Waals surface area contributed by atoms with Gasteiger partial charge in [0.1, 0.15) is 18.8 Å². The molecule has 1 aliphatic heterocycles.